The highest BCUT2D eigenvalue weighted by molar-refractivity contribution is 5.09. The van der Waals surface area contributed by atoms with Gasteiger partial charge in [0.05, 0.1) is 0 Å². The molecule has 0 aromatic rings. The lowest BCUT2D eigenvalue weighted by molar-refractivity contribution is 0.198. The molecule has 0 bridgehead atoms. The summed E-state index contributed by atoms with van der Waals surface area (Å²) in [5.74, 6) is 0.751. The first-order valence-electron chi connectivity index (χ1n) is 5.55. The molecule has 2 aliphatic rings. The van der Waals surface area contributed by atoms with E-state index < -0.39 is 0 Å². The van der Waals surface area contributed by atoms with Gasteiger partial charge in [0.15, 0.2) is 0 Å². The Balaban J connectivity index is 1.97. The lowest BCUT2D eigenvalue weighted by atomic mass is 10.0. The molecule has 2 fully saturated rings. The van der Waals surface area contributed by atoms with Gasteiger partial charge in [-0.25, -0.2) is 0 Å². The van der Waals surface area contributed by atoms with Crippen molar-refractivity contribution in [3.05, 3.63) is 0 Å². The largest absolute Gasteiger partial charge is 0.326 e. The third-order valence-electron chi connectivity index (χ3n) is 4.17. The number of hydrogen-bond acceptors (Lipinski definition) is 2. The molecular formula is C11H22N2. The molecule has 2 N–H and O–H groups in total. The van der Waals surface area contributed by atoms with Crippen LogP contribution in [0.3, 0.4) is 0 Å². The molecule has 2 nitrogen and oxygen atoms in total. The summed E-state index contributed by atoms with van der Waals surface area (Å²) in [7, 11) is 0. The van der Waals surface area contributed by atoms with Crippen LogP contribution in [0, 0.1) is 11.3 Å². The van der Waals surface area contributed by atoms with Crippen molar-refractivity contribution in [1.29, 1.82) is 0 Å². The monoisotopic (exact) mass is 182 g/mol. The Morgan fingerprint density at radius 3 is 2.31 bits per heavy atom. The van der Waals surface area contributed by atoms with Crippen LogP contribution in [0.15, 0.2) is 0 Å². The van der Waals surface area contributed by atoms with Gasteiger partial charge in [-0.2, -0.15) is 0 Å². The van der Waals surface area contributed by atoms with Crippen molar-refractivity contribution in [2.24, 2.45) is 17.1 Å². The van der Waals surface area contributed by atoms with E-state index in [1.54, 1.807) is 0 Å². The number of nitrogens with zero attached hydrogens (tertiary/aromatic N) is 1. The summed E-state index contributed by atoms with van der Waals surface area (Å²) in [6.45, 7) is 9.31. The molecule has 0 aromatic heterocycles. The van der Waals surface area contributed by atoms with Gasteiger partial charge >= 0.3 is 0 Å². The average molecular weight is 182 g/mol. The van der Waals surface area contributed by atoms with E-state index in [1.165, 1.54) is 19.4 Å². The Labute approximate surface area is 81.5 Å². The summed E-state index contributed by atoms with van der Waals surface area (Å²) >= 11 is 0. The number of nitrogens with two attached hydrogens (primary N) is 1. The summed E-state index contributed by atoms with van der Waals surface area (Å²) in [5.41, 5.74) is 6.71. The quantitative estimate of drug-likeness (QED) is 0.700. The first kappa shape index (κ1) is 9.47. The summed E-state index contributed by atoms with van der Waals surface area (Å²) in [4.78, 5) is 2.59. The average Bonchev–Trinajstić information content (AvgIpc) is 2.75. The molecule has 2 rings (SSSR count). The molecule has 1 heterocycles. The van der Waals surface area contributed by atoms with E-state index in [4.69, 9.17) is 5.73 Å². The van der Waals surface area contributed by atoms with Gasteiger partial charge in [-0.15, -0.1) is 0 Å². The van der Waals surface area contributed by atoms with E-state index in [-0.39, 0.29) is 0 Å². The van der Waals surface area contributed by atoms with Crippen molar-refractivity contribution in [2.45, 2.75) is 45.7 Å². The molecule has 0 amide bonds. The van der Waals surface area contributed by atoms with Gasteiger partial charge in [0.2, 0.25) is 0 Å². The second kappa shape index (κ2) is 2.96. The predicted octanol–water partition coefficient (Wildman–Crippen LogP) is 1.45. The molecule has 1 spiro atoms. The Bertz CT molecular complexity index is 196. The van der Waals surface area contributed by atoms with Crippen LogP contribution < -0.4 is 5.73 Å². The fourth-order valence-electron chi connectivity index (χ4n) is 2.45. The zero-order valence-corrected chi connectivity index (χ0v) is 9.09. The zero-order valence-electron chi connectivity index (χ0n) is 9.09. The maximum absolute atomic E-state index is 6.16. The zero-order chi connectivity index (χ0) is 9.64. The van der Waals surface area contributed by atoms with E-state index in [0.29, 0.717) is 17.5 Å². The van der Waals surface area contributed by atoms with Crippen LogP contribution in [0.4, 0.5) is 0 Å². The molecule has 13 heavy (non-hydrogen) atoms. The molecule has 1 aliphatic heterocycles. The fraction of sp³-hybridized carbons (Fsp3) is 1.00. The van der Waals surface area contributed by atoms with Crippen molar-refractivity contribution in [3.8, 4) is 0 Å². The van der Waals surface area contributed by atoms with Crippen molar-refractivity contribution in [3.63, 3.8) is 0 Å². The highest BCUT2D eigenvalue weighted by atomic mass is 15.2. The first-order valence-corrected chi connectivity index (χ1v) is 5.55. The van der Waals surface area contributed by atoms with Crippen molar-refractivity contribution >= 4 is 0 Å². The standard InChI is InChI=1S/C11H22N2/c1-8(2)9(3)13-6-10(12)11(7-13)4-5-11/h8-10H,4-7,12H2,1-3H3/t9?,10-/m0/s1. The summed E-state index contributed by atoms with van der Waals surface area (Å²) in [6.07, 6.45) is 2.74. The van der Waals surface area contributed by atoms with Crippen molar-refractivity contribution in [1.82, 2.24) is 4.90 Å². The van der Waals surface area contributed by atoms with E-state index >= 15 is 0 Å². The van der Waals surface area contributed by atoms with Crippen LogP contribution >= 0.6 is 0 Å². The number of hydrogen-bond donors (Lipinski definition) is 1. The van der Waals surface area contributed by atoms with E-state index in [0.717, 1.165) is 12.5 Å². The second-order valence-electron chi connectivity index (χ2n) is 5.38. The van der Waals surface area contributed by atoms with Crippen LogP contribution in [0.1, 0.15) is 33.6 Å². The minimum absolute atomic E-state index is 0.452. The summed E-state index contributed by atoms with van der Waals surface area (Å²) in [5, 5.41) is 0. The Morgan fingerprint density at radius 2 is 1.92 bits per heavy atom. The maximum Gasteiger partial charge on any atom is 0.0237 e. The van der Waals surface area contributed by atoms with Gasteiger partial charge in [-0.1, -0.05) is 13.8 Å². The first-order chi connectivity index (χ1) is 6.05. The summed E-state index contributed by atoms with van der Waals surface area (Å²) < 4.78 is 0. The molecule has 76 valence electrons. The predicted molar refractivity (Wildman–Crippen MR) is 55.5 cm³/mol. The molecule has 0 radical (unpaired) electrons. The van der Waals surface area contributed by atoms with Gasteiger partial charge in [0.25, 0.3) is 0 Å². The van der Waals surface area contributed by atoms with Gasteiger partial charge in [0.1, 0.15) is 0 Å². The molecule has 0 aromatic carbocycles. The molecule has 1 unspecified atom stereocenters. The minimum Gasteiger partial charge on any atom is -0.326 e. The van der Waals surface area contributed by atoms with Gasteiger partial charge in [-0.05, 0) is 31.1 Å². The van der Waals surface area contributed by atoms with Crippen molar-refractivity contribution < 1.29 is 0 Å². The number of likely N-dealkylation sites (tertiary alicyclic amines) is 1. The van der Waals surface area contributed by atoms with E-state index in [2.05, 4.69) is 25.7 Å². The molecule has 1 aliphatic carbocycles. The van der Waals surface area contributed by atoms with Gasteiger partial charge in [-0.3, -0.25) is 4.90 Å². The third-order valence-corrected chi connectivity index (χ3v) is 4.17. The van der Waals surface area contributed by atoms with Crippen molar-refractivity contribution in [2.75, 3.05) is 13.1 Å². The normalized spacial score (nSPS) is 34.4. The Hall–Kier alpha value is -0.0800. The van der Waals surface area contributed by atoms with Crippen LogP contribution in [-0.2, 0) is 0 Å². The third kappa shape index (κ3) is 1.50. The highest BCUT2D eigenvalue weighted by Crippen LogP contribution is 2.52. The maximum atomic E-state index is 6.16. The lowest BCUT2D eigenvalue weighted by Crippen LogP contribution is -2.36. The van der Waals surface area contributed by atoms with Gasteiger partial charge < -0.3 is 5.73 Å². The Kier molecular flexibility index (Phi) is 2.16. The molecular weight excluding hydrogens is 160 g/mol. The molecule has 2 atom stereocenters. The highest BCUT2D eigenvalue weighted by Gasteiger charge is 2.54. The van der Waals surface area contributed by atoms with Crippen LogP contribution in [0.25, 0.3) is 0 Å². The second-order valence-corrected chi connectivity index (χ2v) is 5.38. The number of rotatable bonds is 2. The molecule has 1 saturated heterocycles. The lowest BCUT2D eigenvalue weighted by Gasteiger charge is -2.27. The van der Waals surface area contributed by atoms with Crippen LogP contribution in [0.2, 0.25) is 0 Å². The minimum atomic E-state index is 0.452. The van der Waals surface area contributed by atoms with Crippen LogP contribution in [-0.4, -0.2) is 30.1 Å². The SMILES string of the molecule is CC(C)C(C)N1C[C@H](N)C2(CC2)C1. The Morgan fingerprint density at radius 1 is 1.31 bits per heavy atom. The topological polar surface area (TPSA) is 29.3 Å². The fourth-order valence-corrected chi connectivity index (χ4v) is 2.45. The van der Waals surface area contributed by atoms with E-state index in [1.807, 2.05) is 0 Å². The van der Waals surface area contributed by atoms with E-state index in [9.17, 15) is 0 Å². The van der Waals surface area contributed by atoms with Gasteiger partial charge in [0, 0.05) is 25.2 Å². The van der Waals surface area contributed by atoms with Crippen LogP contribution in [0.5, 0.6) is 0 Å². The smallest absolute Gasteiger partial charge is 0.0237 e. The summed E-state index contributed by atoms with van der Waals surface area (Å²) in [6, 6.07) is 1.15. The molecule has 2 heteroatoms. The molecule has 1 saturated carbocycles.